The van der Waals surface area contributed by atoms with Gasteiger partial charge in [-0.1, -0.05) is 33.8 Å². The van der Waals surface area contributed by atoms with Gasteiger partial charge in [0.25, 0.3) is 0 Å². The van der Waals surface area contributed by atoms with Gasteiger partial charge in [0.15, 0.2) is 5.17 Å². The fourth-order valence-electron chi connectivity index (χ4n) is 1.44. The molecule has 1 aromatic rings. The Bertz CT molecular complexity index is 503. The van der Waals surface area contributed by atoms with E-state index in [2.05, 4.69) is 26.2 Å². The highest BCUT2D eigenvalue weighted by Crippen LogP contribution is 2.32. The fraction of sp³-hybridized carbons (Fsp3) is 0.273. The molecule has 2 rings (SSSR count). The molecule has 96 valence electrons. The highest BCUT2D eigenvalue weighted by Gasteiger charge is 2.46. The summed E-state index contributed by atoms with van der Waals surface area (Å²) in [5.74, 6) is -0.425. The number of amides is 1. The maximum atomic E-state index is 11.7. The number of aliphatic hydroxyl groups is 2. The standard InChI is InChI=1S/C11H11BrN2O3S/c12-7-2-1-3-8(4-7)13-10-14-9(17)11(5-15,6-16)18-10/h1-4,15-16H,5-6H2,(H,13,14,17). The van der Waals surface area contributed by atoms with Crippen molar-refractivity contribution in [3.8, 4) is 0 Å². The zero-order chi connectivity index (χ0) is 13.2. The van der Waals surface area contributed by atoms with E-state index in [1.807, 2.05) is 12.1 Å². The molecule has 3 N–H and O–H groups in total. The third kappa shape index (κ3) is 2.59. The third-order valence-electron chi connectivity index (χ3n) is 2.48. The number of carbonyl (C=O) groups is 1. The van der Waals surface area contributed by atoms with Crippen LogP contribution in [0.5, 0.6) is 0 Å². The number of hydrogen-bond donors (Lipinski definition) is 3. The zero-order valence-electron chi connectivity index (χ0n) is 9.26. The summed E-state index contributed by atoms with van der Waals surface area (Å²) in [5.41, 5.74) is 0.679. The predicted molar refractivity (Wildman–Crippen MR) is 73.9 cm³/mol. The van der Waals surface area contributed by atoms with Crippen molar-refractivity contribution in [2.75, 3.05) is 13.2 Å². The number of carbonyl (C=O) groups excluding carboxylic acids is 1. The molecular weight excluding hydrogens is 320 g/mol. The van der Waals surface area contributed by atoms with Crippen LogP contribution in [0.15, 0.2) is 33.7 Å². The van der Waals surface area contributed by atoms with Crippen molar-refractivity contribution in [1.29, 1.82) is 0 Å². The first-order chi connectivity index (χ1) is 8.59. The van der Waals surface area contributed by atoms with Gasteiger partial charge in [0.05, 0.1) is 18.9 Å². The summed E-state index contributed by atoms with van der Waals surface area (Å²) in [6.45, 7) is -0.866. The summed E-state index contributed by atoms with van der Waals surface area (Å²) in [6.07, 6.45) is 0. The Morgan fingerprint density at radius 1 is 1.39 bits per heavy atom. The van der Waals surface area contributed by atoms with E-state index in [1.165, 1.54) is 0 Å². The van der Waals surface area contributed by atoms with Crippen molar-refractivity contribution in [2.45, 2.75) is 4.75 Å². The fourth-order valence-corrected chi connectivity index (χ4v) is 2.76. The Labute approximate surface area is 116 Å². The molecule has 18 heavy (non-hydrogen) atoms. The highest BCUT2D eigenvalue weighted by atomic mass is 79.9. The minimum absolute atomic E-state index is 0.376. The summed E-state index contributed by atoms with van der Waals surface area (Å²) in [5, 5.41) is 21.4. The molecule has 0 aromatic heterocycles. The number of thioether (sulfide) groups is 1. The molecule has 7 heteroatoms. The molecule has 1 aliphatic rings. The molecule has 0 spiro atoms. The van der Waals surface area contributed by atoms with E-state index in [-0.39, 0.29) is 0 Å². The van der Waals surface area contributed by atoms with Crippen LogP contribution in [0.4, 0.5) is 5.69 Å². The highest BCUT2D eigenvalue weighted by molar-refractivity contribution is 9.10. The lowest BCUT2D eigenvalue weighted by Gasteiger charge is -2.17. The Morgan fingerprint density at radius 3 is 2.67 bits per heavy atom. The van der Waals surface area contributed by atoms with E-state index in [4.69, 9.17) is 0 Å². The second-order valence-electron chi connectivity index (χ2n) is 3.76. The van der Waals surface area contributed by atoms with Crippen LogP contribution in [0.3, 0.4) is 0 Å². The molecule has 5 nitrogen and oxygen atoms in total. The maximum Gasteiger partial charge on any atom is 0.247 e. The van der Waals surface area contributed by atoms with Gasteiger partial charge in [-0.2, -0.15) is 0 Å². The number of amidine groups is 1. The Morgan fingerprint density at radius 2 is 2.11 bits per heavy atom. The van der Waals surface area contributed by atoms with E-state index < -0.39 is 23.9 Å². The largest absolute Gasteiger partial charge is 0.394 e. The molecule has 0 saturated carbocycles. The predicted octanol–water partition coefficient (Wildman–Crippen LogP) is 1.02. The monoisotopic (exact) mass is 330 g/mol. The van der Waals surface area contributed by atoms with Crippen LogP contribution in [-0.2, 0) is 4.79 Å². The lowest BCUT2D eigenvalue weighted by molar-refractivity contribution is -0.123. The van der Waals surface area contributed by atoms with Gasteiger partial charge < -0.3 is 15.5 Å². The van der Waals surface area contributed by atoms with Crippen LogP contribution >= 0.6 is 27.7 Å². The molecule has 0 radical (unpaired) electrons. The molecule has 1 saturated heterocycles. The molecule has 0 aliphatic carbocycles. The smallest absolute Gasteiger partial charge is 0.247 e. The van der Waals surface area contributed by atoms with E-state index >= 15 is 0 Å². The van der Waals surface area contributed by atoms with E-state index in [9.17, 15) is 15.0 Å². The van der Waals surface area contributed by atoms with Crippen LogP contribution in [0.2, 0.25) is 0 Å². The van der Waals surface area contributed by atoms with Crippen LogP contribution < -0.4 is 5.32 Å². The van der Waals surface area contributed by atoms with Crippen LogP contribution in [0.1, 0.15) is 0 Å². The summed E-state index contributed by atoms with van der Waals surface area (Å²) in [4.78, 5) is 15.9. The van der Waals surface area contributed by atoms with Crippen molar-refractivity contribution in [3.63, 3.8) is 0 Å². The molecule has 0 unspecified atom stereocenters. The van der Waals surface area contributed by atoms with Crippen LogP contribution in [0.25, 0.3) is 0 Å². The van der Waals surface area contributed by atoms with Crippen molar-refractivity contribution < 1.29 is 15.0 Å². The maximum absolute atomic E-state index is 11.7. The number of benzene rings is 1. The summed E-state index contributed by atoms with van der Waals surface area (Å²) >= 11 is 4.37. The van der Waals surface area contributed by atoms with E-state index in [0.717, 1.165) is 16.2 Å². The third-order valence-corrected chi connectivity index (χ3v) is 4.19. The SMILES string of the molecule is O=C1NC(=Nc2cccc(Br)c2)SC1(CO)CO. The Kier molecular flexibility index (Phi) is 4.06. The van der Waals surface area contributed by atoms with Gasteiger partial charge in [-0.25, -0.2) is 4.99 Å². The molecule has 1 amide bonds. The normalized spacial score (nSPS) is 20.2. The van der Waals surface area contributed by atoms with Crippen molar-refractivity contribution in [1.82, 2.24) is 5.32 Å². The minimum Gasteiger partial charge on any atom is -0.394 e. The van der Waals surface area contributed by atoms with Crippen molar-refractivity contribution in [2.24, 2.45) is 4.99 Å². The lowest BCUT2D eigenvalue weighted by Crippen LogP contribution is -2.43. The number of halogens is 1. The minimum atomic E-state index is -1.23. The summed E-state index contributed by atoms with van der Waals surface area (Å²) in [7, 11) is 0. The van der Waals surface area contributed by atoms with Gasteiger partial charge in [0.1, 0.15) is 4.75 Å². The summed E-state index contributed by atoms with van der Waals surface area (Å²) in [6, 6.07) is 7.30. The van der Waals surface area contributed by atoms with Crippen molar-refractivity contribution >= 4 is 44.5 Å². The molecule has 1 aliphatic heterocycles. The molecule has 1 heterocycles. The number of nitrogens with one attached hydrogen (secondary N) is 1. The van der Waals surface area contributed by atoms with Gasteiger partial charge in [-0.3, -0.25) is 4.79 Å². The van der Waals surface area contributed by atoms with Gasteiger partial charge in [0, 0.05) is 4.47 Å². The van der Waals surface area contributed by atoms with Gasteiger partial charge in [0.2, 0.25) is 5.91 Å². The van der Waals surface area contributed by atoms with Crippen LogP contribution in [0, 0.1) is 0 Å². The van der Waals surface area contributed by atoms with Gasteiger partial charge in [-0.15, -0.1) is 0 Å². The molecular formula is C11H11BrN2O3S. The van der Waals surface area contributed by atoms with Gasteiger partial charge in [-0.05, 0) is 18.2 Å². The number of rotatable bonds is 3. The average molecular weight is 331 g/mol. The van der Waals surface area contributed by atoms with Gasteiger partial charge >= 0.3 is 0 Å². The second-order valence-corrected chi connectivity index (χ2v) is 6.05. The number of hydrogen-bond acceptors (Lipinski definition) is 5. The zero-order valence-corrected chi connectivity index (χ0v) is 11.7. The number of aliphatic hydroxyl groups excluding tert-OH is 2. The molecule has 0 bridgehead atoms. The summed E-state index contributed by atoms with van der Waals surface area (Å²) < 4.78 is -0.348. The molecule has 0 atom stereocenters. The first-order valence-corrected chi connectivity index (χ1v) is 6.77. The first-order valence-electron chi connectivity index (χ1n) is 5.16. The average Bonchev–Trinajstić information content (AvgIpc) is 2.66. The second kappa shape index (κ2) is 5.40. The van der Waals surface area contributed by atoms with Crippen molar-refractivity contribution in [3.05, 3.63) is 28.7 Å². The first kappa shape index (κ1) is 13.5. The molecule has 1 fully saturated rings. The lowest BCUT2D eigenvalue weighted by atomic mass is 10.1. The van der Waals surface area contributed by atoms with Crippen LogP contribution in [-0.4, -0.2) is 39.2 Å². The number of aliphatic imine (C=N–C) groups is 1. The van der Waals surface area contributed by atoms with E-state index in [0.29, 0.717) is 10.9 Å². The quantitative estimate of drug-likeness (QED) is 0.772. The molecule has 1 aromatic carbocycles. The Balaban J connectivity index is 2.25. The van der Waals surface area contributed by atoms with E-state index in [1.54, 1.807) is 12.1 Å². The topological polar surface area (TPSA) is 81.9 Å². The number of nitrogens with zero attached hydrogens (tertiary/aromatic N) is 1. The Hall–Kier alpha value is -0.890.